The number of amides is 1. The van der Waals surface area contributed by atoms with E-state index in [9.17, 15) is 9.59 Å². The smallest absolute Gasteiger partial charge is 0.337 e. The van der Waals surface area contributed by atoms with Gasteiger partial charge in [0.05, 0.1) is 12.7 Å². The highest BCUT2D eigenvalue weighted by Crippen LogP contribution is 2.20. The van der Waals surface area contributed by atoms with Crippen LogP contribution in [0.25, 0.3) is 0 Å². The quantitative estimate of drug-likeness (QED) is 0.793. The predicted molar refractivity (Wildman–Crippen MR) is 91.6 cm³/mol. The van der Waals surface area contributed by atoms with Crippen molar-refractivity contribution >= 4 is 35.1 Å². The van der Waals surface area contributed by atoms with E-state index in [0.717, 1.165) is 5.56 Å². The minimum atomic E-state index is -0.431. The van der Waals surface area contributed by atoms with E-state index in [1.807, 2.05) is 0 Å². The Morgan fingerprint density at radius 1 is 1.08 bits per heavy atom. The molecule has 0 aliphatic carbocycles. The highest BCUT2D eigenvalue weighted by atomic mass is 35.5. The standard InChI is InChI=1S/C17H15Cl2NO4/c1-23-17(22)11-3-6-14(7-4-11)24-10-16(21)20-9-12-2-5-13(18)8-15(12)19/h2-8H,9-10H2,1H3,(H,20,21). The average molecular weight is 368 g/mol. The van der Waals surface area contributed by atoms with Crippen molar-refractivity contribution in [3.8, 4) is 5.75 Å². The maximum Gasteiger partial charge on any atom is 0.337 e. The zero-order valence-electron chi connectivity index (χ0n) is 12.8. The molecule has 0 atom stereocenters. The lowest BCUT2D eigenvalue weighted by atomic mass is 10.2. The van der Waals surface area contributed by atoms with Crippen LogP contribution in [0.4, 0.5) is 0 Å². The molecule has 7 heteroatoms. The van der Waals surface area contributed by atoms with Crippen molar-refractivity contribution in [3.63, 3.8) is 0 Å². The van der Waals surface area contributed by atoms with Gasteiger partial charge >= 0.3 is 5.97 Å². The normalized spacial score (nSPS) is 10.1. The Morgan fingerprint density at radius 3 is 2.42 bits per heavy atom. The van der Waals surface area contributed by atoms with Gasteiger partial charge in [0.25, 0.3) is 5.91 Å². The lowest BCUT2D eigenvalue weighted by Gasteiger charge is -2.09. The summed E-state index contributed by atoms with van der Waals surface area (Å²) in [4.78, 5) is 23.1. The van der Waals surface area contributed by atoms with Crippen molar-refractivity contribution < 1.29 is 19.1 Å². The summed E-state index contributed by atoms with van der Waals surface area (Å²) in [5, 5.41) is 3.73. The second-order valence-corrected chi connectivity index (χ2v) is 5.66. The molecular weight excluding hydrogens is 353 g/mol. The Balaban J connectivity index is 1.81. The Hall–Kier alpha value is -2.24. The number of ether oxygens (including phenoxy) is 2. The molecule has 0 fully saturated rings. The molecule has 0 spiro atoms. The zero-order chi connectivity index (χ0) is 17.5. The summed E-state index contributed by atoms with van der Waals surface area (Å²) < 4.78 is 9.96. The first kappa shape index (κ1) is 18.1. The van der Waals surface area contributed by atoms with Crippen molar-refractivity contribution in [2.45, 2.75) is 6.54 Å². The fourth-order valence-corrected chi connectivity index (χ4v) is 2.34. The van der Waals surface area contributed by atoms with Crippen molar-refractivity contribution in [1.82, 2.24) is 5.32 Å². The third-order valence-corrected chi connectivity index (χ3v) is 3.72. The third kappa shape index (κ3) is 5.15. The van der Waals surface area contributed by atoms with Gasteiger partial charge in [-0.3, -0.25) is 4.79 Å². The second kappa shape index (κ2) is 8.57. The fourth-order valence-electron chi connectivity index (χ4n) is 1.86. The zero-order valence-corrected chi connectivity index (χ0v) is 14.4. The molecule has 0 bridgehead atoms. The predicted octanol–water partition coefficient (Wildman–Crippen LogP) is 3.48. The molecule has 5 nitrogen and oxygen atoms in total. The van der Waals surface area contributed by atoms with E-state index in [1.165, 1.54) is 7.11 Å². The van der Waals surface area contributed by atoms with E-state index < -0.39 is 5.97 Å². The van der Waals surface area contributed by atoms with Crippen LogP contribution in [0.3, 0.4) is 0 Å². The van der Waals surface area contributed by atoms with Crippen LogP contribution in [-0.2, 0) is 16.1 Å². The van der Waals surface area contributed by atoms with Crippen LogP contribution in [0.15, 0.2) is 42.5 Å². The summed E-state index contributed by atoms with van der Waals surface area (Å²) in [5.41, 5.74) is 1.17. The Kier molecular flexibility index (Phi) is 6.46. The molecule has 1 N–H and O–H groups in total. The Morgan fingerprint density at radius 2 is 1.79 bits per heavy atom. The van der Waals surface area contributed by atoms with E-state index in [2.05, 4.69) is 10.1 Å². The monoisotopic (exact) mass is 367 g/mol. The Bertz CT molecular complexity index is 732. The molecule has 0 saturated heterocycles. The van der Waals surface area contributed by atoms with E-state index in [-0.39, 0.29) is 19.1 Å². The summed E-state index contributed by atoms with van der Waals surface area (Å²) in [6.45, 7) is 0.127. The van der Waals surface area contributed by atoms with Gasteiger partial charge in [0.2, 0.25) is 0 Å². The van der Waals surface area contributed by atoms with E-state index in [4.69, 9.17) is 27.9 Å². The SMILES string of the molecule is COC(=O)c1ccc(OCC(=O)NCc2ccc(Cl)cc2Cl)cc1. The maximum atomic E-state index is 11.8. The van der Waals surface area contributed by atoms with Crippen LogP contribution < -0.4 is 10.1 Å². The average Bonchev–Trinajstić information content (AvgIpc) is 2.59. The molecule has 0 aliphatic rings. The minimum absolute atomic E-state index is 0.150. The topological polar surface area (TPSA) is 64.6 Å². The molecule has 1 amide bonds. The number of carbonyl (C=O) groups is 2. The first-order valence-corrected chi connectivity index (χ1v) is 7.77. The number of hydrogen-bond donors (Lipinski definition) is 1. The summed E-state index contributed by atoms with van der Waals surface area (Å²) in [6.07, 6.45) is 0. The van der Waals surface area contributed by atoms with Gasteiger partial charge < -0.3 is 14.8 Å². The molecule has 24 heavy (non-hydrogen) atoms. The number of halogens is 2. The molecule has 126 valence electrons. The minimum Gasteiger partial charge on any atom is -0.484 e. The first-order chi connectivity index (χ1) is 11.5. The van der Waals surface area contributed by atoms with Crippen molar-refractivity contribution in [1.29, 1.82) is 0 Å². The van der Waals surface area contributed by atoms with Crippen LogP contribution in [0.2, 0.25) is 10.0 Å². The molecule has 2 aromatic carbocycles. The molecule has 0 unspecified atom stereocenters. The van der Waals surface area contributed by atoms with Crippen LogP contribution in [0, 0.1) is 0 Å². The van der Waals surface area contributed by atoms with Gasteiger partial charge in [-0.15, -0.1) is 0 Å². The molecule has 2 rings (SSSR count). The van der Waals surface area contributed by atoms with Crippen molar-refractivity contribution in [2.24, 2.45) is 0 Å². The number of benzene rings is 2. The number of hydrogen-bond acceptors (Lipinski definition) is 4. The second-order valence-electron chi connectivity index (χ2n) is 4.82. The molecule has 0 heterocycles. The largest absolute Gasteiger partial charge is 0.484 e. The van der Waals surface area contributed by atoms with Gasteiger partial charge in [-0.1, -0.05) is 29.3 Å². The van der Waals surface area contributed by atoms with E-state index in [1.54, 1.807) is 42.5 Å². The molecule has 0 aliphatic heterocycles. The van der Waals surface area contributed by atoms with Crippen LogP contribution >= 0.6 is 23.2 Å². The number of methoxy groups -OCH3 is 1. The van der Waals surface area contributed by atoms with Gasteiger partial charge in [-0.05, 0) is 42.0 Å². The molecule has 0 radical (unpaired) electrons. The molecule has 0 saturated carbocycles. The summed E-state index contributed by atoms with van der Waals surface area (Å²) >= 11 is 11.8. The number of nitrogens with one attached hydrogen (secondary N) is 1. The summed E-state index contributed by atoms with van der Waals surface area (Å²) in [7, 11) is 1.31. The van der Waals surface area contributed by atoms with Gasteiger partial charge in [0.15, 0.2) is 6.61 Å². The van der Waals surface area contributed by atoms with Gasteiger partial charge in [0.1, 0.15) is 5.75 Å². The van der Waals surface area contributed by atoms with Gasteiger partial charge in [-0.25, -0.2) is 4.79 Å². The molecule has 2 aromatic rings. The lowest BCUT2D eigenvalue weighted by molar-refractivity contribution is -0.123. The highest BCUT2D eigenvalue weighted by molar-refractivity contribution is 6.35. The number of esters is 1. The highest BCUT2D eigenvalue weighted by Gasteiger charge is 2.07. The van der Waals surface area contributed by atoms with E-state index >= 15 is 0 Å². The third-order valence-electron chi connectivity index (χ3n) is 3.14. The fraction of sp³-hybridized carbons (Fsp3) is 0.176. The van der Waals surface area contributed by atoms with Gasteiger partial charge in [0, 0.05) is 16.6 Å². The van der Waals surface area contributed by atoms with E-state index in [0.29, 0.717) is 21.4 Å². The van der Waals surface area contributed by atoms with Crippen LogP contribution in [0.1, 0.15) is 15.9 Å². The van der Waals surface area contributed by atoms with Crippen molar-refractivity contribution in [3.05, 3.63) is 63.6 Å². The number of carbonyl (C=O) groups excluding carboxylic acids is 2. The molecular formula is C17H15Cl2NO4. The number of rotatable bonds is 6. The molecule has 0 aromatic heterocycles. The summed E-state index contributed by atoms with van der Waals surface area (Å²) in [5.74, 6) is -0.250. The Labute approximate surface area is 149 Å². The van der Waals surface area contributed by atoms with Crippen molar-refractivity contribution in [2.75, 3.05) is 13.7 Å². The maximum absolute atomic E-state index is 11.8. The van der Waals surface area contributed by atoms with Crippen LogP contribution in [-0.4, -0.2) is 25.6 Å². The first-order valence-electron chi connectivity index (χ1n) is 7.01. The van der Waals surface area contributed by atoms with Crippen LogP contribution in [0.5, 0.6) is 5.75 Å². The van der Waals surface area contributed by atoms with Gasteiger partial charge in [-0.2, -0.15) is 0 Å². The summed E-state index contributed by atoms with van der Waals surface area (Å²) in [6, 6.07) is 11.4. The lowest BCUT2D eigenvalue weighted by Crippen LogP contribution is -2.28.